The van der Waals surface area contributed by atoms with Crippen LogP contribution < -0.4 is 15.2 Å². The van der Waals surface area contributed by atoms with Crippen molar-refractivity contribution >= 4 is 0 Å². The summed E-state index contributed by atoms with van der Waals surface area (Å²) in [6, 6.07) is 5.58. The maximum atomic E-state index is 5.90. The molecule has 0 heterocycles. The van der Waals surface area contributed by atoms with Gasteiger partial charge in [0.1, 0.15) is 17.6 Å². The molecule has 4 nitrogen and oxygen atoms in total. The molecule has 0 spiro atoms. The van der Waals surface area contributed by atoms with Crippen molar-refractivity contribution in [3.63, 3.8) is 0 Å². The maximum absolute atomic E-state index is 5.90. The van der Waals surface area contributed by atoms with Gasteiger partial charge in [0.25, 0.3) is 0 Å². The molecule has 1 aromatic rings. The van der Waals surface area contributed by atoms with E-state index >= 15 is 0 Å². The first-order valence-corrected chi connectivity index (χ1v) is 5.67. The van der Waals surface area contributed by atoms with Crippen LogP contribution in [0.3, 0.4) is 0 Å². The minimum absolute atomic E-state index is 0.0235. The minimum Gasteiger partial charge on any atom is -0.497 e. The molecular formula is C13H21NO3. The van der Waals surface area contributed by atoms with Gasteiger partial charge < -0.3 is 19.9 Å². The molecule has 0 aliphatic rings. The van der Waals surface area contributed by atoms with E-state index in [1.165, 1.54) is 0 Å². The number of methoxy groups -OCH3 is 2. The molecule has 0 saturated carbocycles. The summed E-state index contributed by atoms with van der Waals surface area (Å²) in [7, 11) is 3.28. The Morgan fingerprint density at radius 3 is 2.47 bits per heavy atom. The Labute approximate surface area is 103 Å². The fourth-order valence-electron chi connectivity index (χ4n) is 1.61. The molecular weight excluding hydrogens is 218 g/mol. The normalized spacial score (nSPS) is 14.2. The zero-order valence-corrected chi connectivity index (χ0v) is 10.9. The lowest BCUT2D eigenvalue weighted by atomic mass is 10.1. The van der Waals surface area contributed by atoms with E-state index < -0.39 is 0 Å². The van der Waals surface area contributed by atoms with Gasteiger partial charge in [-0.15, -0.1) is 0 Å². The monoisotopic (exact) mass is 239 g/mol. The average molecular weight is 239 g/mol. The molecule has 0 aliphatic heterocycles. The largest absolute Gasteiger partial charge is 0.497 e. The number of hydrogen-bond donors (Lipinski definition) is 1. The molecule has 4 heteroatoms. The second-order valence-electron chi connectivity index (χ2n) is 4.08. The quantitative estimate of drug-likeness (QED) is 0.826. The third-order valence-corrected chi connectivity index (χ3v) is 2.44. The van der Waals surface area contributed by atoms with E-state index in [2.05, 4.69) is 0 Å². The van der Waals surface area contributed by atoms with Crippen LogP contribution in [0, 0.1) is 0 Å². The van der Waals surface area contributed by atoms with Crippen LogP contribution in [0.4, 0.5) is 0 Å². The number of hydrogen-bond acceptors (Lipinski definition) is 4. The molecule has 0 radical (unpaired) electrons. The molecule has 17 heavy (non-hydrogen) atoms. The fourth-order valence-corrected chi connectivity index (χ4v) is 1.61. The number of nitrogens with two attached hydrogens (primary N) is 1. The van der Waals surface area contributed by atoms with Gasteiger partial charge in [-0.1, -0.05) is 6.07 Å². The summed E-state index contributed by atoms with van der Waals surface area (Å²) in [5.74, 6) is 1.51. The Balaban J connectivity index is 2.92. The highest BCUT2D eigenvalue weighted by Gasteiger charge is 2.12. The van der Waals surface area contributed by atoms with Gasteiger partial charge in [0, 0.05) is 24.8 Å². The van der Waals surface area contributed by atoms with Crippen molar-refractivity contribution in [2.75, 3.05) is 20.8 Å². The summed E-state index contributed by atoms with van der Waals surface area (Å²) in [5, 5.41) is 0. The summed E-state index contributed by atoms with van der Waals surface area (Å²) in [4.78, 5) is 0. The minimum atomic E-state index is -0.0781. The molecule has 2 N–H and O–H groups in total. The molecule has 96 valence electrons. The van der Waals surface area contributed by atoms with Gasteiger partial charge in [0.05, 0.1) is 13.7 Å². The van der Waals surface area contributed by atoms with E-state index in [4.69, 9.17) is 19.9 Å². The fraction of sp³-hybridized carbons (Fsp3) is 0.538. The summed E-state index contributed by atoms with van der Waals surface area (Å²) >= 11 is 0. The van der Waals surface area contributed by atoms with Crippen molar-refractivity contribution in [1.29, 1.82) is 0 Å². The van der Waals surface area contributed by atoms with Crippen LogP contribution in [0.2, 0.25) is 0 Å². The third kappa shape index (κ3) is 3.91. The Morgan fingerprint density at radius 1 is 1.24 bits per heavy atom. The molecule has 0 fully saturated rings. The Bertz CT molecular complexity index is 353. The second-order valence-corrected chi connectivity index (χ2v) is 4.08. The maximum Gasteiger partial charge on any atom is 0.128 e. The van der Waals surface area contributed by atoms with Crippen LogP contribution in [0.1, 0.15) is 25.5 Å². The zero-order valence-electron chi connectivity index (χ0n) is 10.9. The lowest BCUT2D eigenvalue weighted by Crippen LogP contribution is -2.19. The van der Waals surface area contributed by atoms with Crippen LogP contribution in [0.15, 0.2) is 18.2 Å². The van der Waals surface area contributed by atoms with Crippen molar-refractivity contribution in [3.8, 4) is 11.5 Å². The molecule has 1 rings (SSSR count). The van der Waals surface area contributed by atoms with E-state index in [0.29, 0.717) is 6.61 Å². The topological polar surface area (TPSA) is 53.7 Å². The number of ether oxygens (including phenoxy) is 3. The highest BCUT2D eigenvalue weighted by atomic mass is 16.5. The van der Waals surface area contributed by atoms with Gasteiger partial charge in [-0.05, 0) is 19.9 Å². The van der Waals surface area contributed by atoms with Gasteiger partial charge in [-0.3, -0.25) is 0 Å². The average Bonchev–Trinajstić information content (AvgIpc) is 2.28. The molecule has 0 aromatic heterocycles. The molecule has 0 aliphatic carbocycles. The van der Waals surface area contributed by atoms with E-state index in [0.717, 1.165) is 17.1 Å². The highest BCUT2D eigenvalue weighted by molar-refractivity contribution is 5.42. The lowest BCUT2D eigenvalue weighted by Gasteiger charge is -2.19. The molecule has 0 amide bonds. The molecule has 2 atom stereocenters. The van der Waals surface area contributed by atoms with Crippen molar-refractivity contribution in [2.45, 2.75) is 26.0 Å². The number of rotatable bonds is 6. The van der Waals surface area contributed by atoms with Crippen molar-refractivity contribution in [2.24, 2.45) is 5.73 Å². The van der Waals surface area contributed by atoms with Crippen LogP contribution in [0.5, 0.6) is 11.5 Å². The highest BCUT2D eigenvalue weighted by Crippen LogP contribution is 2.29. The van der Waals surface area contributed by atoms with Gasteiger partial charge >= 0.3 is 0 Å². The molecule has 0 bridgehead atoms. The van der Waals surface area contributed by atoms with Crippen LogP contribution in [0.25, 0.3) is 0 Å². The Morgan fingerprint density at radius 2 is 1.94 bits per heavy atom. The van der Waals surface area contributed by atoms with Gasteiger partial charge in [-0.25, -0.2) is 0 Å². The predicted molar refractivity (Wildman–Crippen MR) is 67.6 cm³/mol. The van der Waals surface area contributed by atoms with Crippen LogP contribution in [-0.4, -0.2) is 26.9 Å². The summed E-state index contributed by atoms with van der Waals surface area (Å²) in [6.45, 7) is 4.42. The lowest BCUT2D eigenvalue weighted by molar-refractivity contribution is 0.0910. The predicted octanol–water partition coefficient (Wildman–Crippen LogP) is 2.13. The first-order valence-electron chi connectivity index (χ1n) is 5.67. The standard InChI is InChI=1S/C13H21NO3/c1-9(8-15-3)17-13-7-11(16-4)5-6-12(13)10(2)14/h5-7,9-10H,8,14H2,1-4H3/t9?,10-/m0/s1. The van der Waals surface area contributed by atoms with Crippen molar-refractivity contribution < 1.29 is 14.2 Å². The first kappa shape index (κ1) is 13.8. The van der Waals surface area contributed by atoms with E-state index in [9.17, 15) is 0 Å². The van der Waals surface area contributed by atoms with Crippen molar-refractivity contribution in [1.82, 2.24) is 0 Å². The molecule has 1 aromatic carbocycles. The van der Waals surface area contributed by atoms with Crippen molar-refractivity contribution in [3.05, 3.63) is 23.8 Å². The summed E-state index contributed by atoms with van der Waals surface area (Å²) in [5.41, 5.74) is 6.87. The molecule has 0 saturated heterocycles. The zero-order chi connectivity index (χ0) is 12.8. The first-order chi connectivity index (χ1) is 8.08. The Kier molecular flexibility index (Phi) is 5.25. The van der Waals surface area contributed by atoms with Gasteiger partial charge in [-0.2, -0.15) is 0 Å². The number of benzene rings is 1. The second kappa shape index (κ2) is 6.47. The van der Waals surface area contributed by atoms with Crippen LogP contribution in [-0.2, 0) is 4.74 Å². The van der Waals surface area contributed by atoms with Gasteiger partial charge in [0.2, 0.25) is 0 Å². The van der Waals surface area contributed by atoms with Crippen LogP contribution >= 0.6 is 0 Å². The van der Waals surface area contributed by atoms with E-state index in [-0.39, 0.29) is 12.1 Å². The van der Waals surface area contributed by atoms with E-state index in [1.54, 1.807) is 14.2 Å². The summed E-state index contributed by atoms with van der Waals surface area (Å²) < 4.78 is 16.0. The Hall–Kier alpha value is -1.26. The molecule has 1 unspecified atom stereocenters. The smallest absolute Gasteiger partial charge is 0.128 e. The van der Waals surface area contributed by atoms with E-state index in [1.807, 2.05) is 32.0 Å². The third-order valence-electron chi connectivity index (χ3n) is 2.44. The SMILES string of the molecule is COCC(C)Oc1cc(OC)ccc1[C@H](C)N. The summed E-state index contributed by atoms with van der Waals surface area (Å²) in [6.07, 6.45) is -0.0235. The van der Waals surface area contributed by atoms with Gasteiger partial charge in [0.15, 0.2) is 0 Å².